The summed E-state index contributed by atoms with van der Waals surface area (Å²) in [5.74, 6) is 0.521. The second-order valence-electron chi connectivity index (χ2n) is 3.24. The second-order valence-corrected chi connectivity index (χ2v) is 3.62. The van der Waals surface area contributed by atoms with Crippen LogP contribution in [0.3, 0.4) is 0 Å². The van der Waals surface area contributed by atoms with Crippen LogP contribution in [0.1, 0.15) is 27.9 Å². The van der Waals surface area contributed by atoms with Crippen molar-refractivity contribution in [2.45, 2.75) is 20.3 Å². The molecule has 0 aliphatic rings. The van der Waals surface area contributed by atoms with E-state index in [1.54, 1.807) is 0 Å². The molecule has 0 aliphatic carbocycles. The Bertz CT molecular complexity index is 298. The maximum atomic E-state index is 11.5. The van der Waals surface area contributed by atoms with Gasteiger partial charge in [0.25, 0.3) is 0 Å². The van der Waals surface area contributed by atoms with E-state index < -0.39 is 0 Å². The van der Waals surface area contributed by atoms with Gasteiger partial charge in [-0.05, 0) is 26.0 Å². The molecule has 0 radical (unpaired) electrons. The molecular weight excluding hydrogens is 184 g/mol. The van der Waals surface area contributed by atoms with Crippen molar-refractivity contribution in [2.24, 2.45) is 0 Å². The summed E-state index contributed by atoms with van der Waals surface area (Å²) in [4.78, 5) is 11.5. The molecule has 0 bridgehead atoms. The average molecular weight is 197 g/mol. The fourth-order valence-corrected chi connectivity index (χ4v) is 1.54. The molecule has 0 saturated heterocycles. The van der Waals surface area contributed by atoms with Crippen molar-refractivity contribution in [3.63, 3.8) is 0 Å². The minimum Gasteiger partial charge on any atom is -0.294 e. The lowest BCUT2D eigenvalue weighted by Crippen LogP contribution is -2.00. The number of Topliss-reactive ketones (excluding diaryl/α,β-unsaturated/α-hetero) is 1. The van der Waals surface area contributed by atoms with Gasteiger partial charge in [0.2, 0.25) is 0 Å². The number of hydrogen-bond acceptors (Lipinski definition) is 1. The standard InChI is InChI=1S/C11H13ClO/c1-8-5-9(2)7-10(6-8)11(13)3-4-12/h5-7H,3-4H2,1-2H3. The predicted octanol–water partition coefficient (Wildman–Crippen LogP) is 3.12. The molecule has 0 spiro atoms. The van der Waals surface area contributed by atoms with Gasteiger partial charge in [-0.1, -0.05) is 17.2 Å². The highest BCUT2D eigenvalue weighted by Crippen LogP contribution is 2.11. The Morgan fingerprint density at radius 1 is 1.23 bits per heavy atom. The van der Waals surface area contributed by atoms with Crippen molar-refractivity contribution in [1.29, 1.82) is 0 Å². The van der Waals surface area contributed by atoms with E-state index in [4.69, 9.17) is 11.6 Å². The number of rotatable bonds is 3. The largest absolute Gasteiger partial charge is 0.294 e. The number of carbonyl (C=O) groups is 1. The summed E-state index contributed by atoms with van der Waals surface area (Å²) in [6, 6.07) is 5.86. The van der Waals surface area contributed by atoms with Crippen LogP contribution >= 0.6 is 11.6 Å². The lowest BCUT2D eigenvalue weighted by Gasteiger charge is -2.02. The molecule has 0 fully saturated rings. The minimum atomic E-state index is 0.127. The number of halogens is 1. The zero-order chi connectivity index (χ0) is 9.84. The fourth-order valence-electron chi connectivity index (χ4n) is 1.37. The molecule has 0 unspecified atom stereocenters. The van der Waals surface area contributed by atoms with Crippen LogP contribution in [0.2, 0.25) is 0 Å². The van der Waals surface area contributed by atoms with Crippen molar-refractivity contribution in [2.75, 3.05) is 5.88 Å². The van der Waals surface area contributed by atoms with Gasteiger partial charge in [-0.25, -0.2) is 0 Å². The highest BCUT2D eigenvalue weighted by Gasteiger charge is 2.05. The number of ketones is 1. The first-order valence-electron chi connectivity index (χ1n) is 4.31. The maximum Gasteiger partial charge on any atom is 0.164 e. The Balaban J connectivity index is 2.94. The monoisotopic (exact) mass is 196 g/mol. The molecule has 0 amide bonds. The highest BCUT2D eigenvalue weighted by atomic mass is 35.5. The summed E-state index contributed by atoms with van der Waals surface area (Å²) in [7, 11) is 0. The molecular formula is C11H13ClO. The second kappa shape index (κ2) is 4.43. The van der Waals surface area contributed by atoms with E-state index in [9.17, 15) is 4.79 Å². The lowest BCUT2D eigenvalue weighted by atomic mass is 10.0. The summed E-state index contributed by atoms with van der Waals surface area (Å²) in [5, 5.41) is 0. The number of carbonyl (C=O) groups excluding carboxylic acids is 1. The zero-order valence-corrected chi connectivity index (χ0v) is 8.69. The van der Waals surface area contributed by atoms with E-state index in [0.29, 0.717) is 12.3 Å². The molecule has 1 aromatic rings. The van der Waals surface area contributed by atoms with E-state index in [1.165, 1.54) is 0 Å². The summed E-state index contributed by atoms with van der Waals surface area (Å²) in [6.45, 7) is 3.98. The van der Waals surface area contributed by atoms with Gasteiger partial charge in [-0.15, -0.1) is 11.6 Å². The first kappa shape index (κ1) is 10.3. The third-order valence-corrected chi connectivity index (χ3v) is 2.05. The third-order valence-electron chi connectivity index (χ3n) is 1.87. The van der Waals surface area contributed by atoms with Crippen molar-refractivity contribution < 1.29 is 4.79 Å². The Morgan fingerprint density at radius 2 is 1.77 bits per heavy atom. The molecule has 1 rings (SSSR count). The maximum absolute atomic E-state index is 11.5. The zero-order valence-electron chi connectivity index (χ0n) is 7.93. The van der Waals surface area contributed by atoms with Crippen LogP contribution < -0.4 is 0 Å². The molecule has 0 N–H and O–H groups in total. The highest BCUT2D eigenvalue weighted by molar-refractivity contribution is 6.19. The van der Waals surface area contributed by atoms with Gasteiger partial charge in [0.1, 0.15) is 0 Å². The van der Waals surface area contributed by atoms with Crippen LogP contribution in [-0.4, -0.2) is 11.7 Å². The van der Waals surface area contributed by atoms with Gasteiger partial charge in [-0.3, -0.25) is 4.79 Å². The Kier molecular flexibility index (Phi) is 3.49. The lowest BCUT2D eigenvalue weighted by molar-refractivity contribution is 0.0989. The first-order valence-corrected chi connectivity index (χ1v) is 4.84. The van der Waals surface area contributed by atoms with Crippen LogP contribution in [0.4, 0.5) is 0 Å². The summed E-state index contributed by atoms with van der Waals surface area (Å²) < 4.78 is 0. The van der Waals surface area contributed by atoms with E-state index in [0.717, 1.165) is 16.7 Å². The molecule has 0 aliphatic heterocycles. The SMILES string of the molecule is Cc1cc(C)cc(C(=O)CCCl)c1. The molecule has 0 heterocycles. The number of hydrogen-bond donors (Lipinski definition) is 0. The fraction of sp³-hybridized carbons (Fsp3) is 0.364. The number of alkyl halides is 1. The number of benzene rings is 1. The average Bonchev–Trinajstić information content (AvgIpc) is 2.03. The Labute approximate surface area is 83.7 Å². The normalized spacial score (nSPS) is 10.1. The molecule has 0 aromatic heterocycles. The van der Waals surface area contributed by atoms with E-state index >= 15 is 0 Å². The van der Waals surface area contributed by atoms with Crippen LogP contribution in [0.25, 0.3) is 0 Å². The Morgan fingerprint density at radius 3 is 2.23 bits per heavy atom. The van der Waals surface area contributed by atoms with Crippen LogP contribution in [0, 0.1) is 13.8 Å². The minimum absolute atomic E-state index is 0.127. The first-order chi connectivity index (χ1) is 6.13. The van der Waals surface area contributed by atoms with Crippen LogP contribution in [0.15, 0.2) is 18.2 Å². The van der Waals surface area contributed by atoms with Gasteiger partial charge < -0.3 is 0 Å². The Hall–Kier alpha value is -0.820. The van der Waals surface area contributed by atoms with Gasteiger partial charge >= 0.3 is 0 Å². The van der Waals surface area contributed by atoms with Crippen molar-refractivity contribution in [1.82, 2.24) is 0 Å². The van der Waals surface area contributed by atoms with Gasteiger partial charge in [-0.2, -0.15) is 0 Å². The summed E-state index contributed by atoms with van der Waals surface area (Å²) >= 11 is 5.51. The molecule has 0 saturated carbocycles. The quantitative estimate of drug-likeness (QED) is 0.536. The van der Waals surface area contributed by atoms with E-state index in [2.05, 4.69) is 6.07 Å². The molecule has 1 aromatic carbocycles. The van der Waals surface area contributed by atoms with E-state index in [-0.39, 0.29) is 5.78 Å². The van der Waals surface area contributed by atoms with Crippen molar-refractivity contribution in [3.05, 3.63) is 34.9 Å². The van der Waals surface area contributed by atoms with Gasteiger partial charge in [0, 0.05) is 17.9 Å². The molecule has 1 nitrogen and oxygen atoms in total. The van der Waals surface area contributed by atoms with Crippen molar-refractivity contribution in [3.8, 4) is 0 Å². The van der Waals surface area contributed by atoms with Gasteiger partial charge in [0.15, 0.2) is 5.78 Å². The molecule has 2 heteroatoms. The predicted molar refractivity (Wildman–Crippen MR) is 55.6 cm³/mol. The number of aryl methyl sites for hydroxylation is 2. The summed E-state index contributed by atoms with van der Waals surface area (Å²) in [6.07, 6.45) is 0.421. The van der Waals surface area contributed by atoms with Crippen LogP contribution in [0.5, 0.6) is 0 Å². The topological polar surface area (TPSA) is 17.1 Å². The van der Waals surface area contributed by atoms with Crippen molar-refractivity contribution >= 4 is 17.4 Å². The third kappa shape index (κ3) is 2.85. The van der Waals surface area contributed by atoms with E-state index in [1.807, 2.05) is 26.0 Å². The smallest absolute Gasteiger partial charge is 0.164 e. The summed E-state index contributed by atoms with van der Waals surface area (Å²) in [5.41, 5.74) is 3.02. The molecule has 13 heavy (non-hydrogen) atoms. The van der Waals surface area contributed by atoms with Crippen LogP contribution in [-0.2, 0) is 0 Å². The molecule has 70 valence electrons. The molecule has 0 atom stereocenters. The van der Waals surface area contributed by atoms with Gasteiger partial charge in [0.05, 0.1) is 0 Å².